The predicted molar refractivity (Wildman–Crippen MR) is 132 cm³/mol. The molecule has 0 aliphatic heterocycles. The van der Waals surface area contributed by atoms with Gasteiger partial charge in [-0.3, -0.25) is 9.89 Å². The molecule has 1 atom stereocenters. The van der Waals surface area contributed by atoms with E-state index < -0.39 is 0 Å². The highest BCUT2D eigenvalue weighted by molar-refractivity contribution is 6.38. The summed E-state index contributed by atoms with van der Waals surface area (Å²) < 4.78 is 10.9. The third kappa shape index (κ3) is 4.43. The van der Waals surface area contributed by atoms with E-state index in [9.17, 15) is 4.79 Å². The molecule has 2 aromatic carbocycles. The number of carbonyl (C=O) groups is 1. The first-order valence-corrected chi connectivity index (χ1v) is 11.4. The van der Waals surface area contributed by atoms with E-state index in [-0.39, 0.29) is 11.8 Å². The van der Waals surface area contributed by atoms with Crippen molar-refractivity contribution in [2.24, 2.45) is 0 Å². The molecule has 0 spiro atoms. The van der Waals surface area contributed by atoms with Crippen LogP contribution in [0.3, 0.4) is 0 Å². The van der Waals surface area contributed by atoms with Crippen LogP contribution in [0.25, 0.3) is 11.3 Å². The molecule has 0 bridgehead atoms. The van der Waals surface area contributed by atoms with Crippen molar-refractivity contribution in [1.82, 2.24) is 10.2 Å². The minimum Gasteiger partial charge on any atom is -0.495 e. The molecular weight excluding hydrogens is 485 g/mol. The summed E-state index contributed by atoms with van der Waals surface area (Å²) in [7, 11) is 3.13. The monoisotopic (exact) mass is 505 g/mol. The smallest absolute Gasteiger partial charge is 0.247 e. The molecule has 1 aliphatic carbocycles. The molecule has 1 unspecified atom stereocenters. The molecule has 9 heteroatoms. The number of aromatic nitrogens is 2. The van der Waals surface area contributed by atoms with E-state index in [0.717, 1.165) is 40.9 Å². The standard InChI is InChI=1S/C24H22Cl3N3O3/c1-4-20(31)28-16-10-13(25)6-8-14(16)24-15-7-5-12(9-17(15)29-30-24)21-22(26)18(32-2)11-19(33-3)23(21)27/h4,6,8,10-12H,1,5,7,9H2,2-3H3,(H,28,31)(H,29,30). The summed E-state index contributed by atoms with van der Waals surface area (Å²) in [6.07, 6.45) is 3.43. The van der Waals surface area contributed by atoms with E-state index >= 15 is 0 Å². The summed E-state index contributed by atoms with van der Waals surface area (Å²) in [5, 5.41) is 12.0. The van der Waals surface area contributed by atoms with E-state index in [1.165, 1.54) is 6.08 Å². The number of hydrogen-bond acceptors (Lipinski definition) is 4. The number of rotatable bonds is 6. The molecule has 1 aromatic heterocycles. The van der Waals surface area contributed by atoms with Crippen molar-refractivity contribution in [1.29, 1.82) is 0 Å². The highest BCUT2D eigenvalue weighted by Crippen LogP contribution is 2.48. The SMILES string of the molecule is C=CC(=O)Nc1cc(Cl)ccc1-c1n[nH]c2c1CCC(c1c(Cl)c(OC)cc(OC)c1Cl)C2. The van der Waals surface area contributed by atoms with E-state index in [2.05, 4.69) is 22.1 Å². The number of nitrogens with one attached hydrogen (secondary N) is 2. The zero-order chi connectivity index (χ0) is 23.7. The molecule has 0 radical (unpaired) electrons. The Labute approximate surface area is 206 Å². The van der Waals surface area contributed by atoms with Crippen molar-refractivity contribution in [3.05, 3.63) is 68.8 Å². The fourth-order valence-corrected chi connectivity index (χ4v) is 5.23. The Morgan fingerprint density at radius 3 is 2.52 bits per heavy atom. The third-order valence-electron chi connectivity index (χ3n) is 5.84. The van der Waals surface area contributed by atoms with Gasteiger partial charge in [0.25, 0.3) is 0 Å². The van der Waals surface area contributed by atoms with Gasteiger partial charge in [-0.15, -0.1) is 0 Å². The summed E-state index contributed by atoms with van der Waals surface area (Å²) in [6, 6.07) is 7.02. The Morgan fingerprint density at radius 1 is 1.18 bits per heavy atom. The number of H-pyrrole nitrogens is 1. The quantitative estimate of drug-likeness (QED) is 0.377. The van der Waals surface area contributed by atoms with Crippen LogP contribution in [0.2, 0.25) is 15.1 Å². The zero-order valence-electron chi connectivity index (χ0n) is 18.1. The Bertz CT molecular complexity index is 1210. The topological polar surface area (TPSA) is 76.2 Å². The summed E-state index contributed by atoms with van der Waals surface area (Å²) in [6.45, 7) is 3.51. The van der Waals surface area contributed by atoms with E-state index in [1.54, 1.807) is 32.4 Å². The molecule has 3 aromatic rings. The number of amides is 1. The van der Waals surface area contributed by atoms with Gasteiger partial charge in [-0.25, -0.2) is 0 Å². The molecule has 0 saturated carbocycles. The van der Waals surface area contributed by atoms with Gasteiger partial charge in [0.15, 0.2) is 0 Å². The van der Waals surface area contributed by atoms with Crippen LogP contribution in [0.1, 0.15) is 29.2 Å². The Hall–Kier alpha value is -2.67. The van der Waals surface area contributed by atoms with Crippen LogP contribution in [0, 0.1) is 0 Å². The number of halogens is 3. The lowest BCUT2D eigenvalue weighted by Crippen LogP contribution is -2.14. The number of ether oxygens (including phenoxy) is 2. The number of nitrogens with zero attached hydrogens (tertiary/aromatic N) is 1. The molecule has 4 rings (SSSR count). The van der Waals surface area contributed by atoms with E-state index in [4.69, 9.17) is 44.3 Å². The molecule has 6 nitrogen and oxygen atoms in total. The maximum Gasteiger partial charge on any atom is 0.247 e. The fraction of sp³-hybridized carbons (Fsp3) is 0.250. The summed E-state index contributed by atoms with van der Waals surface area (Å²) >= 11 is 19.5. The average Bonchev–Trinajstić information content (AvgIpc) is 3.22. The largest absolute Gasteiger partial charge is 0.495 e. The van der Waals surface area contributed by atoms with Crippen LogP contribution in [-0.4, -0.2) is 30.3 Å². The zero-order valence-corrected chi connectivity index (χ0v) is 20.4. The molecule has 33 heavy (non-hydrogen) atoms. The highest BCUT2D eigenvalue weighted by atomic mass is 35.5. The first kappa shape index (κ1) is 23.5. The number of anilines is 1. The number of methoxy groups -OCH3 is 2. The number of aromatic amines is 1. The lowest BCUT2D eigenvalue weighted by molar-refractivity contribution is -0.111. The predicted octanol–water partition coefficient (Wildman–Crippen LogP) is 6.45. The van der Waals surface area contributed by atoms with Crippen LogP contribution in [0.15, 0.2) is 36.9 Å². The van der Waals surface area contributed by atoms with Gasteiger partial charge in [0.2, 0.25) is 5.91 Å². The number of fused-ring (bicyclic) bond motifs is 1. The Balaban J connectivity index is 1.71. The van der Waals surface area contributed by atoms with Crippen molar-refractivity contribution in [3.63, 3.8) is 0 Å². The van der Waals surface area contributed by atoms with Crippen molar-refractivity contribution >= 4 is 46.4 Å². The van der Waals surface area contributed by atoms with Crippen molar-refractivity contribution in [2.45, 2.75) is 25.2 Å². The van der Waals surface area contributed by atoms with Crippen molar-refractivity contribution in [2.75, 3.05) is 19.5 Å². The molecule has 172 valence electrons. The molecule has 2 N–H and O–H groups in total. The maximum atomic E-state index is 11.9. The van der Waals surface area contributed by atoms with Crippen LogP contribution in [0.5, 0.6) is 11.5 Å². The maximum absolute atomic E-state index is 11.9. The van der Waals surface area contributed by atoms with Gasteiger partial charge in [0.1, 0.15) is 11.5 Å². The summed E-state index contributed by atoms with van der Waals surface area (Å²) in [5.74, 6) is 0.778. The van der Waals surface area contributed by atoms with Crippen LogP contribution in [-0.2, 0) is 17.6 Å². The molecule has 0 fully saturated rings. The second-order valence-electron chi connectivity index (χ2n) is 7.68. The van der Waals surface area contributed by atoms with Crippen molar-refractivity contribution < 1.29 is 14.3 Å². The number of carbonyl (C=O) groups excluding carboxylic acids is 1. The molecule has 0 saturated heterocycles. The van der Waals surface area contributed by atoms with Gasteiger partial charge in [-0.1, -0.05) is 41.4 Å². The highest BCUT2D eigenvalue weighted by Gasteiger charge is 2.31. The lowest BCUT2D eigenvalue weighted by Gasteiger charge is -2.26. The molecular formula is C24H22Cl3N3O3. The van der Waals surface area contributed by atoms with Gasteiger partial charge >= 0.3 is 0 Å². The van der Waals surface area contributed by atoms with Crippen LogP contribution in [0.4, 0.5) is 5.69 Å². The second-order valence-corrected chi connectivity index (χ2v) is 8.87. The first-order valence-electron chi connectivity index (χ1n) is 10.3. The van der Waals surface area contributed by atoms with Gasteiger partial charge in [0, 0.05) is 33.5 Å². The Kier molecular flexibility index (Phi) is 6.88. The Morgan fingerprint density at radius 2 is 1.88 bits per heavy atom. The number of hydrogen-bond donors (Lipinski definition) is 2. The molecule has 1 amide bonds. The van der Waals surface area contributed by atoms with E-state index in [1.807, 2.05) is 6.07 Å². The fourth-order valence-electron chi connectivity index (χ4n) is 4.25. The minimum atomic E-state index is -0.320. The summed E-state index contributed by atoms with van der Waals surface area (Å²) in [4.78, 5) is 11.9. The second kappa shape index (κ2) is 9.67. The van der Waals surface area contributed by atoms with Gasteiger partial charge < -0.3 is 14.8 Å². The first-order chi connectivity index (χ1) is 15.9. The van der Waals surface area contributed by atoms with E-state index in [0.29, 0.717) is 38.7 Å². The molecule has 1 aliphatic rings. The van der Waals surface area contributed by atoms with Crippen LogP contribution < -0.4 is 14.8 Å². The summed E-state index contributed by atoms with van der Waals surface area (Å²) in [5.41, 5.74) is 5.02. The number of benzene rings is 2. The van der Waals surface area contributed by atoms with Crippen molar-refractivity contribution in [3.8, 4) is 22.8 Å². The van der Waals surface area contributed by atoms with Crippen LogP contribution >= 0.6 is 34.8 Å². The molecule has 1 heterocycles. The van der Waals surface area contributed by atoms with Gasteiger partial charge in [0.05, 0.1) is 35.6 Å². The average molecular weight is 507 g/mol. The van der Waals surface area contributed by atoms with Gasteiger partial charge in [-0.05, 0) is 49.5 Å². The van der Waals surface area contributed by atoms with Gasteiger partial charge in [-0.2, -0.15) is 5.10 Å². The minimum absolute atomic E-state index is 0.0555. The lowest BCUT2D eigenvalue weighted by atomic mass is 9.81. The third-order valence-corrected chi connectivity index (χ3v) is 6.86. The normalized spacial score (nSPS) is 15.0.